The first-order valence-corrected chi connectivity index (χ1v) is 9.64. The van der Waals surface area contributed by atoms with Crippen LogP contribution in [0.25, 0.3) is 0 Å². The number of nitrogens with zero attached hydrogens (tertiary/aromatic N) is 2. The van der Waals surface area contributed by atoms with E-state index in [-0.39, 0.29) is 12.1 Å². The minimum absolute atomic E-state index is 0.0744. The third-order valence-corrected chi connectivity index (χ3v) is 5.27. The predicted molar refractivity (Wildman–Crippen MR) is 102 cm³/mol. The Bertz CT molecular complexity index is 721. The summed E-state index contributed by atoms with van der Waals surface area (Å²) in [6.07, 6.45) is 1.85. The maximum absolute atomic E-state index is 12.3. The molecule has 2 aromatic rings. The smallest absolute Gasteiger partial charge is 0.323 e. The Morgan fingerprint density at radius 1 is 1.36 bits per heavy atom. The average Bonchev–Trinajstić information content (AvgIpc) is 3.00. The second-order valence-electron chi connectivity index (χ2n) is 6.76. The van der Waals surface area contributed by atoms with E-state index in [2.05, 4.69) is 36.3 Å². The number of carbonyl (C=O) groups is 1. The fraction of sp³-hybridized carbons (Fsp3) is 0.474. The standard InChI is InChI=1S/C19H25N3O2S/c1-13(2)15-5-4-6-17(11-15)24-16-7-9-22(10-8-16)19(23)21-18-20-14(3)12-25-18/h4-6,11-13,16H,7-10H2,1-3H3,(H,20,21,23). The van der Waals surface area contributed by atoms with Crippen LogP contribution in [-0.2, 0) is 0 Å². The molecule has 0 unspecified atom stereocenters. The summed E-state index contributed by atoms with van der Waals surface area (Å²) in [6, 6.07) is 8.23. The Labute approximate surface area is 153 Å². The van der Waals surface area contributed by atoms with Gasteiger partial charge in [-0.15, -0.1) is 11.3 Å². The lowest BCUT2D eigenvalue weighted by Gasteiger charge is -2.32. The summed E-state index contributed by atoms with van der Waals surface area (Å²) < 4.78 is 6.13. The first kappa shape index (κ1) is 17.7. The topological polar surface area (TPSA) is 54.5 Å². The van der Waals surface area contributed by atoms with Gasteiger partial charge < -0.3 is 9.64 Å². The Morgan fingerprint density at radius 2 is 2.12 bits per heavy atom. The highest BCUT2D eigenvalue weighted by molar-refractivity contribution is 7.13. The van der Waals surface area contributed by atoms with Crippen LogP contribution in [0.15, 0.2) is 29.6 Å². The van der Waals surface area contributed by atoms with Crippen LogP contribution >= 0.6 is 11.3 Å². The maximum atomic E-state index is 12.3. The van der Waals surface area contributed by atoms with Crippen molar-refractivity contribution in [2.75, 3.05) is 18.4 Å². The van der Waals surface area contributed by atoms with Crippen LogP contribution in [0.3, 0.4) is 0 Å². The van der Waals surface area contributed by atoms with Gasteiger partial charge in [-0.2, -0.15) is 0 Å². The van der Waals surface area contributed by atoms with Gasteiger partial charge in [-0.1, -0.05) is 26.0 Å². The fourth-order valence-electron chi connectivity index (χ4n) is 2.90. The highest BCUT2D eigenvalue weighted by Gasteiger charge is 2.24. The Kier molecular flexibility index (Phi) is 5.58. The van der Waals surface area contributed by atoms with E-state index in [4.69, 9.17) is 4.74 Å². The summed E-state index contributed by atoms with van der Waals surface area (Å²) in [5.41, 5.74) is 2.21. The van der Waals surface area contributed by atoms with Crippen molar-refractivity contribution in [3.63, 3.8) is 0 Å². The van der Waals surface area contributed by atoms with Crippen molar-refractivity contribution in [1.82, 2.24) is 9.88 Å². The molecule has 0 spiro atoms. The molecule has 2 amide bonds. The number of ether oxygens (including phenoxy) is 1. The summed E-state index contributed by atoms with van der Waals surface area (Å²) in [4.78, 5) is 18.4. The minimum Gasteiger partial charge on any atom is -0.490 e. The SMILES string of the molecule is Cc1csc(NC(=O)N2CCC(Oc3cccc(C(C)C)c3)CC2)n1. The zero-order valence-electron chi connectivity index (χ0n) is 15.0. The summed E-state index contributed by atoms with van der Waals surface area (Å²) >= 11 is 1.45. The first-order chi connectivity index (χ1) is 12.0. The van der Waals surface area contributed by atoms with Gasteiger partial charge in [0, 0.05) is 31.3 Å². The first-order valence-electron chi connectivity index (χ1n) is 8.76. The van der Waals surface area contributed by atoms with Crippen molar-refractivity contribution in [1.29, 1.82) is 0 Å². The van der Waals surface area contributed by atoms with Crippen LogP contribution < -0.4 is 10.1 Å². The molecule has 0 bridgehead atoms. The lowest BCUT2D eigenvalue weighted by Crippen LogP contribution is -2.43. The highest BCUT2D eigenvalue weighted by atomic mass is 32.1. The second-order valence-corrected chi connectivity index (χ2v) is 7.61. The third-order valence-electron chi connectivity index (χ3n) is 4.39. The monoisotopic (exact) mass is 359 g/mol. The van der Waals surface area contributed by atoms with E-state index < -0.39 is 0 Å². The van der Waals surface area contributed by atoms with Crippen molar-refractivity contribution in [3.05, 3.63) is 40.9 Å². The molecule has 0 radical (unpaired) electrons. The lowest BCUT2D eigenvalue weighted by atomic mass is 10.0. The number of amides is 2. The Morgan fingerprint density at radius 3 is 2.76 bits per heavy atom. The molecule has 134 valence electrons. The van der Waals surface area contributed by atoms with Crippen LogP contribution in [0, 0.1) is 6.92 Å². The zero-order valence-corrected chi connectivity index (χ0v) is 15.8. The second kappa shape index (κ2) is 7.87. The normalized spacial score (nSPS) is 15.4. The molecule has 0 aliphatic carbocycles. The van der Waals surface area contributed by atoms with Crippen LogP contribution in [0.2, 0.25) is 0 Å². The number of carbonyl (C=O) groups excluding carboxylic acids is 1. The van der Waals surface area contributed by atoms with Gasteiger partial charge in [0.15, 0.2) is 5.13 Å². The number of anilines is 1. The summed E-state index contributed by atoms with van der Waals surface area (Å²) in [6.45, 7) is 7.68. The molecular formula is C19H25N3O2S. The number of aryl methyl sites for hydroxylation is 1. The minimum atomic E-state index is -0.0744. The van der Waals surface area contributed by atoms with E-state index in [1.807, 2.05) is 29.3 Å². The van der Waals surface area contributed by atoms with Crippen molar-refractivity contribution in [3.8, 4) is 5.75 Å². The zero-order chi connectivity index (χ0) is 17.8. The molecule has 1 aliphatic rings. The molecular weight excluding hydrogens is 334 g/mol. The van der Waals surface area contributed by atoms with Gasteiger partial charge in [0.1, 0.15) is 11.9 Å². The number of piperidine rings is 1. The molecule has 1 aromatic heterocycles. The van der Waals surface area contributed by atoms with E-state index in [0.717, 1.165) is 24.3 Å². The molecule has 1 N–H and O–H groups in total. The quantitative estimate of drug-likeness (QED) is 0.864. The highest BCUT2D eigenvalue weighted by Crippen LogP contribution is 2.24. The van der Waals surface area contributed by atoms with Gasteiger partial charge in [-0.3, -0.25) is 5.32 Å². The molecule has 1 saturated heterocycles. The molecule has 25 heavy (non-hydrogen) atoms. The van der Waals surface area contributed by atoms with Gasteiger partial charge >= 0.3 is 6.03 Å². The fourth-order valence-corrected chi connectivity index (χ4v) is 3.58. The Hall–Kier alpha value is -2.08. The third kappa shape index (κ3) is 4.72. The molecule has 0 atom stereocenters. The van der Waals surface area contributed by atoms with E-state index in [1.54, 1.807) is 0 Å². The number of aromatic nitrogens is 1. The molecule has 6 heteroatoms. The molecule has 2 heterocycles. The molecule has 5 nitrogen and oxygen atoms in total. The predicted octanol–water partition coefficient (Wildman–Crippen LogP) is 4.65. The van der Waals surface area contributed by atoms with Crippen LogP contribution in [0.5, 0.6) is 5.75 Å². The van der Waals surface area contributed by atoms with E-state index in [1.165, 1.54) is 16.9 Å². The number of urea groups is 1. The van der Waals surface area contributed by atoms with Crippen molar-refractivity contribution < 1.29 is 9.53 Å². The van der Waals surface area contributed by atoms with Crippen molar-refractivity contribution in [2.24, 2.45) is 0 Å². The summed E-state index contributed by atoms with van der Waals surface area (Å²) in [5.74, 6) is 1.41. The average molecular weight is 359 g/mol. The number of rotatable bonds is 4. The van der Waals surface area contributed by atoms with Crippen LogP contribution in [-0.4, -0.2) is 35.1 Å². The Balaban J connectivity index is 1.50. The molecule has 1 aromatic carbocycles. The number of hydrogen-bond donors (Lipinski definition) is 1. The number of hydrogen-bond acceptors (Lipinski definition) is 4. The van der Waals surface area contributed by atoms with Gasteiger partial charge in [-0.25, -0.2) is 9.78 Å². The summed E-state index contributed by atoms with van der Waals surface area (Å²) in [5, 5.41) is 5.46. The van der Waals surface area contributed by atoms with E-state index >= 15 is 0 Å². The number of thiazole rings is 1. The maximum Gasteiger partial charge on any atom is 0.323 e. The van der Waals surface area contributed by atoms with Crippen molar-refractivity contribution >= 4 is 22.5 Å². The van der Waals surface area contributed by atoms with Gasteiger partial charge in [0.05, 0.1) is 5.69 Å². The van der Waals surface area contributed by atoms with Gasteiger partial charge in [0.2, 0.25) is 0 Å². The van der Waals surface area contributed by atoms with Gasteiger partial charge in [-0.05, 0) is 30.5 Å². The summed E-state index contributed by atoms with van der Waals surface area (Å²) in [7, 11) is 0. The number of nitrogens with one attached hydrogen (secondary N) is 1. The lowest BCUT2D eigenvalue weighted by molar-refractivity contribution is 0.115. The van der Waals surface area contributed by atoms with E-state index in [0.29, 0.717) is 24.1 Å². The molecule has 1 aliphatic heterocycles. The largest absolute Gasteiger partial charge is 0.490 e. The number of benzene rings is 1. The van der Waals surface area contributed by atoms with Crippen molar-refractivity contribution in [2.45, 2.75) is 45.6 Å². The molecule has 3 rings (SSSR count). The molecule has 0 saturated carbocycles. The molecule has 1 fully saturated rings. The van der Waals surface area contributed by atoms with E-state index in [9.17, 15) is 4.79 Å². The van der Waals surface area contributed by atoms with Gasteiger partial charge in [0.25, 0.3) is 0 Å². The number of likely N-dealkylation sites (tertiary alicyclic amines) is 1. The van der Waals surface area contributed by atoms with Crippen LogP contribution in [0.4, 0.5) is 9.93 Å². The van der Waals surface area contributed by atoms with Crippen LogP contribution in [0.1, 0.15) is 43.9 Å².